The zero-order valence-electron chi connectivity index (χ0n) is 11.5. The molecule has 0 aromatic rings. The molecule has 2 fully saturated rings. The minimum Gasteiger partial charge on any atom is -0.300 e. The molecule has 108 valence electrons. The van der Waals surface area contributed by atoms with Gasteiger partial charge in [-0.25, -0.2) is 0 Å². The summed E-state index contributed by atoms with van der Waals surface area (Å²) < 4.78 is 24.0. The molecular weight excluding hydrogens is 263 g/mol. The molecule has 0 unspecified atom stereocenters. The van der Waals surface area contributed by atoms with Gasteiger partial charge in [0.1, 0.15) is 0 Å². The van der Waals surface area contributed by atoms with Gasteiger partial charge >= 0.3 is 7.60 Å². The Morgan fingerprint density at radius 1 is 1.00 bits per heavy atom. The van der Waals surface area contributed by atoms with Crippen molar-refractivity contribution in [3.05, 3.63) is 12.2 Å². The van der Waals surface area contributed by atoms with Crippen LogP contribution < -0.4 is 0 Å². The quantitative estimate of drug-likeness (QED) is 0.542. The van der Waals surface area contributed by atoms with Crippen LogP contribution in [0.15, 0.2) is 12.2 Å². The standard InChI is InChI=1S/C14H23O4P/c1-2-7-14(15)19(16,17-12-8-3-4-9-12)18-13-10-5-6-11-13/h2,7,12-13H,3-6,8-11H2,1H3. The zero-order chi connectivity index (χ0) is 13.7. The highest BCUT2D eigenvalue weighted by atomic mass is 31.2. The van der Waals surface area contributed by atoms with Crippen molar-refractivity contribution in [2.45, 2.75) is 70.5 Å². The largest absolute Gasteiger partial charge is 0.401 e. The molecule has 0 bridgehead atoms. The molecule has 4 nitrogen and oxygen atoms in total. The first-order valence-corrected chi connectivity index (χ1v) is 8.82. The molecule has 2 aliphatic rings. The average molecular weight is 286 g/mol. The van der Waals surface area contributed by atoms with Crippen molar-refractivity contribution < 1.29 is 18.4 Å². The third-order valence-corrected chi connectivity index (χ3v) is 5.60. The highest BCUT2D eigenvalue weighted by Crippen LogP contribution is 2.54. The van der Waals surface area contributed by atoms with Crippen LogP contribution in [0, 0.1) is 0 Å². The predicted octanol–water partition coefficient (Wildman–Crippen LogP) is 4.20. The molecule has 0 atom stereocenters. The Hall–Kier alpha value is -0.440. The minimum atomic E-state index is -3.65. The summed E-state index contributed by atoms with van der Waals surface area (Å²) in [4.78, 5) is 12.0. The maximum atomic E-state index is 12.8. The van der Waals surface area contributed by atoms with Gasteiger partial charge < -0.3 is 0 Å². The Kier molecular flexibility index (Phi) is 5.37. The van der Waals surface area contributed by atoms with E-state index >= 15 is 0 Å². The Morgan fingerprint density at radius 3 is 1.79 bits per heavy atom. The van der Waals surface area contributed by atoms with Crippen molar-refractivity contribution in [3.8, 4) is 0 Å². The van der Waals surface area contributed by atoms with E-state index in [9.17, 15) is 9.36 Å². The van der Waals surface area contributed by atoms with Gasteiger partial charge in [0.05, 0.1) is 12.2 Å². The lowest BCUT2D eigenvalue weighted by Crippen LogP contribution is -2.16. The molecule has 2 rings (SSSR count). The van der Waals surface area contributed by atoms with Gasteiger partial charge in [-0.05, 0) is 38.7 Å². The number of hydrogen-bond donors (Lipinski definition) is 0. The van der Waals surface area contributed by atoms with Gasteiger partial charge in [-0.15, -0.1) is 0 Å². The molecule has 0 heterocycles. The summed E-state index contributed by atoms with van der Waals surface area (Å²) in [6.07, 6.45) is 10.5. The number of carbonyl (C=O) groups excluding carboxylic acids is 1. The summed E-state index contributed by atoms with van der Waals surface area (Å²) in [6.45, 7) is 1.73. The van der Waals surface area contributed by atoms with E-state index in [0.29, 0.717) is 0 Å². The van der Waals surface area contributed by atoms with E-state index in [-0.39, 0.29) is 12.2 Å². The lowest BCUT2D eigenvalue weighted by molar-refractivity contribution is -0.110. The third-order valence-electron chi connectivity index (χ3n) is 3.76. The second-order valence-electron chi connectivity index (χ2n) is 5.36. The molecule has 0 saturated heterocycles. The first-order valence-electron chi connectivity index (χ1n) is 7.28. The summed E-state index contributed by atoms with van der Waals surface area (Å²) in [5, 5.41) is 0. The molecular formula is C14H23O4P. The van der Waals surface area contributed by atoms with Crippen LogP contribution in [0.1, 0.15) is 58.3 Å². The SMILES string of the molecule is CC=CC(=O)P(=O)(OC1CCCC1)OC1CCCC1. The summed E-state index contributed by atoms with van der Waals surface area (Å²) in [5.74, 6) is 0. The normalized spacial score (nSPS) is 22.6. The minimum absolute atomic E-state index is 0.0820. The number of rotatable bonds is 6. The Labute approximate surface area is 115 Å². The molecule has 0 spiro atoms. The molecule has 0 N–H and O–H groups in total. The highest BCUT2D eigenvalue weighted by Gasteiger charge is 2.39. The molecule has 0 amide bonds. The van der Waals surface area contributed by atoms with Crippen LogP contribution in [-0.4, -0.2) is 17.7 Å². The smallest absolute Gasteiger partial charge is 0.300 e. The Balaban J connectivity index is 2.05. The fraction of sp³-hybridized carbons (Fsp3) is 0.786. The molecule has 2 saturated carbocycles. The molecule has 19 heavy (non-hydrogen) atoms. The van der Waals surface area contributed by atoms with Crippen molar-refractivity contribution in [3.63, 3.8) is 0 Å². The summed E-state index contributed by atoms with van der Waals surface area (Å²) in [5.41, 5.74) is -0.506. The van der Waals surface area contributed by atoms with E-state index in [4.69, 9.17) is 9.05 Å². The second kappa shape index (κ2) is 6.83. The van der Waals surface area contributed by atoms with E-state index < -0.39 is 13.1 Å². The first-order chi connectivity index (χ1) is 9.14. The predicted molar refractivity (Wildman–Crippen MR) is 74.1 cm³/mol. The van der Waals surface area contributed by atoms with Gasteiger partial charge in [-0.3, -0.25) is 18.4 Å². The molecule has 0 radical (unpaired) electrons. The molecule has 5 heteroatoms. The van der Waals surface area contributed by atoms with Crippen LogP contribution in [0.5, 0.6) is 0 Å². The van der Waals surface area contributed by atoms with Crippen LogP contribution in [0.4, 0.5) is 0 Å². The number of allylic oxidation sites excluding steroid dienone is 2. The van der Waals surface area contributed by atoms with Gasteiger partial charge in [-0.1, -0.05) is 31.8 Å². The summed E-state index contributed by atoms with van der Waals surface area (Å²) >= 11 is 0. The third kappa shape index (κ3) is 4.01. The number of hydrogen-bond acceptors (Lipinski definition) is 4. The van der Waals surface area contributed by atoms with Gasteiger partial charge in [0.25, 0.3) is 5.52 Å². The van der Waals surface area contributed by atoms with Crippen molar-refractivity contribution in [1.82, 2.24) is 0 Å². The maximum absolute atomic E-state index is 12.8. The molecule has 2 aliphatic carbocycles. The highest BCUT2D eigenvalue weighted by molar-refractivity contribution is 7.72. The monoisotopic (exact) mass is 286 g/mol. The number of carbonyl (C=O) groups is 1. The maximum Gasteiger partial charge on any atom is 0.401 e. The van der Waals surface area contributed by atoms with Crippen LogP contribution >= 0.6 is 7.60 Å². The van der Waals surface area contributed by atoms with E-state index in [1.165, 1.54) is 6.08 Å². The van der Waals surface area contributed by atoms with E-state index in [2.05, 4.69) is 0 Å². The lowest BCUT2D eigenvalue weighted by atomic mass is 10.3. The van der Waals surface area contributed by atoms with Crippen molar-refractivity contribution in [1.29, 1.82) is 0 Å². The summed E-state index contributed by atoms with van der Waals surface area (Å²) in [7, 11) is -3.65. The lowest BCUT2D eigenvalue weighted by Gasteiger charge is -2.23. The average Bonchev–Trinajstić information content (AvgIpc) is 3.02. The summed E-state index contributed by atoms with van der Waals surface area (Å²) in [6, 6.07) is 0. The van der Waals surface area contributed by atoms with Crippen LogP contribution in [0.25, 0.3) is 0 Å². The van der Waals surface area contributed by atoms with Crippen molar-refractivity contribution in [2.24, 2.45) is 0 Å². The van der Waals surface area contributed by atoms with Gasteiger partial charge in [-0.2, -0.15) is 0 Å². The Morgan fingerprint density at radius 2 is 1.42 bits per heavy atom. The van der Waals surface area contributed by atoms with Crippen molar-refractivity contribution in [2.75, 3.05) is 0 Å². The zero-order valence-corrected chi connectivity index (χ0v) is 12.4. The topological polar surface area (TPSA) is 52.6 Å². The van der Waals surface area contributed by atoms with Gasteiger partial charge in [0, 0.05) is 0 Å². The van der Waals surface area contributed by atoms with Gasteiger partial charge in [0.2, 0.25) is 0 Å². The first kappa shape index (κ1) is 15.0. The fourth-order valence-corrected chi connectivity index (χ4v) is 4.54. The fourth-order valence-electron chi connectivity index (χ4n) is 2.74. The molecule has 0 aromatic carbocycles. The van der Waals surface area contributed by atoms with Crippen LogP contribution in [0.3, 0.4) is 0 Å². The molecule has 0 aromatic heterocycles. The molecule has 0 aliphatic heterocycles. The van der Waals surface area contributed by atoms with Crippen LogP contribution in [-0.2, 0) is 18.4 Å². The second-order valence-corrected chi connectivity index (χ2v) is 7.22. The van der Waals surface area contributed by atoms with E-state index in [1.807, 2.05) is 0 Å². The Bertz CT molecular complexity index is 357. The van der Waals surface area contributed by atoms with E-state index in [0.717, 1.165) is 51.4 Å². The van der Waals surface area contributed by atoms with Crippen LogP contribution in [0.2, 0.25) is 0 Å². The van der Waals surface area contributed by atoms with E-state index in [1.54, 1.807) is 13.0 Å². The van der Waals surface area contributed by atoms with Gasteiger partial charge in [0.15, 0.2) is 0 Å². The van der Waals surface area contributed by atoms with Crippen molar-refractivity contribution >= 4 is 13.1 Å².